The summed E-state index contributed by atoms with van der Waals surface area (Å²) in [4.78, 5) is 17.1. The number of aromatic nitrogens is 5. The van der Waals surface area contributed by atoms with Crippen LogP contribution in [0.15, 0.2) is 29.3 Å². The Labute approximate surface area is 153 Å². The number of nitrogens with one attached hydrogen (secondary N) is 1. The highest BCUT2D eigenvalue weighted by Gasteiger charge is 2.17. The van der Waals surface area contributed by atoms with Crippen LogP contribution in [0, 0.1) is 6.92 Å². The molecule has 0 bridgehead atoms. The zero-order valence-electron chi connectivity index (χ0n) is 14.2. The molecule has 25 heavy (non-hydrogen) atoms. The van der Waals surface area contributed by atoms with E-state index in [4.69, 9.17) is 0 Å². The lowest BCUT2D eigenvalue weighted by Gasteiger charge is -2.08. The van der Waals surface area contributed by atoms with Crippen molar-refractivity contribution >= 4 is 45.2 Å². The van der Waals surface area contributed by atoms with Crippen molar-refractivity contribution in [1.82, 2.24) is 25.0 Å². The van der Waals surface area contributed by atoms with Gasteiger partial charge in [-0.15, -0.1) is 16.8 Å². The van der Waals surface area contributed by atoms with Crippen LogP contribution < -0.4 is 5.32 Å². The molecule has 9 heteroatoms. The maximum absolute atomic E-state index is 12.6. The van der Waals surface area contributed by atoms with Gasteiger partial charge in [0, 0.05) is 17.2 Å². The van der Waals surface area contributed by atoms with E-state index in [-0.39, 0.29) is 11.9 Å². The molecule has 0 unspecified atom stereocenters. The average Bonchev–Trinajstić information content (AvgIpc) is 3.18. The number of hydrogen-bond acceptors (Lipinski definition) is 7. The fourth-order valence-corrected chi connectivity index (χ4v) is 3.79. The summed E-state index contributed by atoms with van der Waals surface area (Å²) in [7, 11) is 0. The molecule has 0 fully saturated rings. The van der Waals surface area contributed by atoms with Crippen molar-refractivity contribution in [2.24, 2.45) is 0 Å². The number of fused-ring (bicyclic) bond motifs is 1. The molecule has 3 heterocycles. The Hall–Kier alpha value is -2.26. The van der Waals surface area contributed by atoms with Crippen LogP contribution in [0.2, 0.25) is 0 Å². The number of anilines is 1. The lowest BCUT2D eigenvalue weighted by atomic mass is 10.1. The fourth-order valence-electron chi connectivity index (χ4n) is 2.29. The predicted octanol–water partition coefficient (Wildman–Crippen LogP) is 3.70. The molecule has 0 radical (unpaired) electrons. The maximum Gasteiger partial charge on any atom is 0.259 e. The van der Waals surface area contributed by atoms with Crippen LogP contribution in [0.5, 0.6) is 0 Å². The van der Waals surface area contributed by atoms with E-state index in [1.807, 2.05) is 31.5 Å². The van der Waals surface area contributed by atoms with Crippen LogP contribution >= 0.6 is 23.1 Å². The summed E-state index contributed by atoms with van der Waals surface area (Å²) in [6.45, 7) is 9.57. The number of thioether (sulfide) groups is 1. The highest BCUT2D eigenvalue weighted by Crippen LogP contribution is 2.26. The van der Waals surface area contributed by atoms with Gasteiger partial charge in [-0.25, -0.2) is 9.67 Å². The predicted molar refractivity (Wildman–Crippen MR) is 101 cm³/mol. The number of rotatable bonds is 6. The summed E-state index contributed by atoms with van der Waals surface area (Å²) < 4.78 is 2.64. The van der Waals surface area contributed by atoms with Gasteiger partial charge in [-0.3, -0.25) is 10.1 Å². The molecule has 130 valence electrons. The summed E-state index contributed by atoms with van der Waals surface area (Å²) in [5.41, 5.74) is 1.94. The molecule has 1 N–H and O–H groups in total. The lowest BCUT2D eigenvalue weighted by molar-refractivity contribution is 0.102. The first kappa shape index (κ1) is 17.6. The topological polar surface area (TPSA) is 85.6 Å². The van der Waals surface area contributed by atoms with Gasteiger partial charge in [0.2, 0.25) is 5.13 Å². The fraction of sp³-hybridized carbons (Fsp3) is 0.312. The van der Waals surface area contributed by atoms with Gasteiger partial charge in [0.15, 0.2) is 9.99 Å². The van der Waals surface area contributed by atoms with E-state index in [1.54, 1.807) is 12.3 Å². The largest absolute Gasteiger partial charge is 0.296 e. The van der Waals surface area contributed by atoms with E-state index < -0.39 is 0 Å². The van der Waals surface area contributed by atoms with Gasteiger partial charge in [-0.1, -0.05) is 29.2 Å². The normalized spacial score (nSPS) is 11.2. The summed E-state index contributed by atoms with van der Waals surface area (Å²) >= 11 is 2.86. The van der Waals surface area contributed by atoms with Crippen molar-refractivity contribution in [2.45, 2.75) is 31.2 Å². The molecule has 0 saturated carbocycles. The molecule has 0 aliphatic heterocycles. The molecule has 0 aromatic carbocycles. The van der Waals surface area contributed by atoms with E-state index in [0.717, 1.165) is 21.1 Å². The van der Waals surface area contributed by atoms with Crippen LogP contribution in [0.3, 0.4) is 0 Å². The van der Waals surface area contributed by atoms with Crippen LogP contribution in [0.4, 0.5) is 5.13 Å². The third-order valence-electron chi connectivity index (χ3n) is 3.45. The van der Waals surface area contributed by atoms with Crippen molar-refractivity contribution in [3.8, 4) is 0 Å². The van der Waals surface area contributed by atoms with Gasteiger partial charge >= 0.3 is 0 Å². The Morgan fingerprint density at radius 2 is 2.28 bits per heavy atom. The van der Waals surface area contributed by atoms with Gasteiger partial charge in [-0.05, 0) is 26.8 Å². The number of nitrogens with zero attached hydrogens (tertiary/aromatic N) is 5. The second-order valence-electron chi connectivity index (χ2n) is 5.64. The number of carbonyl (C=O) groups excluding carboxylic acids is 1. The number of pyridine rings is 1. The van der Waals surface area contributed by atoms with Gasteiger partial charge in [0.1, 0.15) is 0 Å². The maximum atomic E-state index is 12.6. The van der Waals surface area contributed by atoms with Gasteiger partial charge < -0.3 is 0 Å². The summed E-state index contributed by atoms with van der Waals surface area (Å²) in [6, 6.07) is 2.02. The molecule has 0 aliphatic rings. The summed E-state index contributed by atoms with van der Waals surface area (Å²) in [6.07, 6.45) is 3.53. The van der Waals surface area contributed by atoms with Gasteiger partial charge in [0.25, 0.3) is 5.91 Å². The monoisotopic (exact) mass is 374 g/mol. The van der Waals surface area contributed by atoms with E-state index >= 15 is 0 Å². The molecule has 0 aliphatic carbocycles. The Morgan fingerprint density at radius 3 is 3.00 bits per heavy atom. The first-order valence-electron chi connectivity index (χ1n) is 7.73. The second-order valence-corrected chi connectivity index (χ2v) is 7.89. The van der Waals surface area contributed by atoms with Crippen LogP contribution in [0.1, 0.15) is 35.9 Å². The minimum Gasteiger partial charge on any atom is -0.296 e. The molecule has 3 aromatic heterocycles. The smallest absolute Gasteiger partial charge is 0.259 e. The van der Waals surface area contributed by atoms with Crippen LogP contribution in [0.25, 0.3) is 11.0 Å². The SMILES string of the molecule is C=CCSc1nnc(NC(=O)c2cc3cnn(C(C)C)c3nc2C)s1. The lowest BCUT2D eigenvalue weighted by Crippen LogP contribution is -2.14. The molecule has 3 aromatic rings. The highest BCUT2D eigenvalue weighted by molar-refractivity contribution is 8.01. The third kappa shape index (κ3) is 3.72. The van der Waals surface area contributed by atoms with E-state index in [2.05, 4.69) is 32.2 Å². The first-order chi connectivity index (χ1) is 12.0. The van der Waals surface area contributed by atoms with Gasteiger partial charge in [-0.2, -0.15) is 5.10 Å². The number of amides is 1. The Kier molecular flexibility index (Phi) is 5.14. The Bertz CT molecular complexity index is 930. The van der Waals surface area contributed by atoms with Crippen molar-refractivity contribution < 1.29 is 4.79 Å². The standard InChI is InChI=1S/C16H18N6OS2/c1-5-6-24-16-21-20-15(25-16)19-14(23)12-7-11-8-17-22(9(2)3)13(11)18-10(12)4/h5,7-9H,1,6H2,2-4H3,(H,19,20,23). The van der Waals surface area contributed by atoms with E-state index in [9.17, 15) is 4.79 Å². The Balaban J connectivity index is 1.83. The van der Waals surface area contributed by atoms with Gasteiger partial charge in [0.05, 0.1) is 17.5 Å². The van der Waals surface area contributed by atoms with Crippen molar-refractivity contribution in [3.63, 3.8) is 0 Å². The molecule has 0 saturated heterocycles. The molecule has 0 spiro atoms. The van der Waals surface area contributed by atoms with Crippen molar-refractivity contribution in [2.75, 3.05) is 11.1 Å². The number of hydrogen-bond donors (Lipinski definition) is 1. The first-order valence-corrected chi connectivity index (χ1v) is 9.53. The molecular weight excluding hydrogens is 356 g/mol. The molecule has 0 atom stereocenters. The Morgan fingerprint density at radius 1 is 1.48 bits per heavy atom. The molecule has 3 rings (SSSR count). The quantitative estimate of drug-likeness (QED) is 0.402. The molecule has 1 amide bonds. The molecular formula is C16H18N6OS2. The van der Waals surface area contributed by atoms with Crippen molar-refractivity contribution in [1.29, 1.82) is 0 Å². The average molecular weight is 374 g/mol. The molecule has 7 nitrogen and oxygen atoms in total. The zero-order chi connectivity index (χ0) is 18.0. The second kappa shape index (κ2) is 7.32. The minimum atomic E-state index is -0.249. The minimum absolute atomic E-state index is 0.206. The summed E-state index contributed by atoms with van der Waals surface area (Å²) in [5.74, 6) is 0.503. The van der Waals surface area contributed by atoms with E-state index in [1.165, 1.54) is 23.1 Å². The van der Waals surface area contributed by atoms with Crippen molar-refractivity contribution in [3.05, 3.63) is 36.2 Å². The number of aryl methyl sites for hydroxylation is 1. The number of carbonyl (C=O) groups is 1. The third-order valence-corrected chi connectivity index (χ3v) is 5.41. The zero-order valence-corrected chi connectivity index (χ0v) is 15.8. The van der Waals surface area contributed by atoms with E-state index in [0.29, 0.717) is 16.4 Å². The highest BCUT2D eigenvalue weighted by atomic mass is 32.2. The summed E-state index contributed by atoms with van der Waals surface area (Å²) in [5, 5.41) is 16.5. The van der Waals surface area contributed by atoms with Crippen LogP contribution in [-0.2, 0) is 0 Å². The van der Waals surface area contributed by atoms with Crippen LogP contribution in [-0.4, -0.2) is 36.6 Å².